The van der Waals surface area contributed by atoms with Gasteiger partial charge in [-0.3, -0.25) is 4.79 Å². The molecule has 0 aromatic carbocycles. The van der Waals surface area contributed by atoms with Crippen LogP contribution in [-0.4, -0.2) is 17.1 Å². The minimum Gasteiger partial charge on any atom is -0.480 e. The van der Waals surface area contributed by atoms with Crippen LogP contribution in [0.1, 0.15) is 19.3 Å². The van der Waals surface area contributed by atoms with E-state index in [9.17, 15) is 4.79 Å². The molecule has 1 aliphatic carbocycles. The molecule has 0 saturated heterocycles. The van der Waals surface area contributed by atoms with E-state index < -0.39 is 12.0 Å². The summed E-state index contributed by atoms with van der Waals surface area (Å²) >= 11 is 2.28. The lowest BCUT2D eigenvalue weighted by molar-refractivity contribution is -0.138. The molecule has 13 heavy (non-hydrogen) atoms. The van der Waals surface area contributed by atoms with Crippen LogP contribution in [-0.2, 0) is 4.79 Å². The van der Waals surface area contributed by atoms with E-state index in [1.807, 2.05) is 12.2 Å². The summed E-state index contributed by atoms with van der Waals surface area (Å²) in [6, 6.07) is -0.754. The second kappa shape index (κ2) is 4.76. The lowest BCUT2D eigenvalue weighted by Crippen LogP contribution is -2.30. The highest BCUT2D eigenvalue weighted by atomic mass is 127. The number of carbonyl (C=O) groups is 1. The van der Waals surface area contributed by atoms with Gasteiger partial charge in [0.1, 0.15) is 6.04 Å². The molecule has 0 heterocycles. The van der Waals surface area contributed by atoms with Crippen molar-refractivity contribution < 1.29 is 9.90 Å². The van der Waals surface area contributed by atoms with Crippen LogP contribution < -0.4 is 5.73 Å². The lowest BCUT2D eigenvalue weighted by atomic mass is 9.98. The molecule has 0 bridgehead atoms. The van der Waals surface area contributed by atoms with E-state index in [0.29, 0.717) is 6.42 Å². The van der Waals surface area contributed by atoms with Crippen LogP contribution in [0.15, 0.2) is 21.3 Å². The molecule has 72 valence electrons. The van der Waals surface area contributed by atoms with Crippen LogP contribution in [0, 0.1) is 0 Å². The molecule has 1 rings (SSSR count). The summed E-state index contributed by atoms with van der Waals surface area (Å²) in [6.45, 7) is 0. The third kappa shape index (κ3) is 3.48. The monoisotopic (exact) mass is 293 g/mol. The first-order valence-corrected chi connectivity index (χ1v) is 5.20. The van der Waals surface area contributed by atoms with Crippen LogP contribution in [0.4, 0.5) is 0 Å². The quantitative estimate of drug-likeness (QED) is 0.780. The largest absolute Gasteiger partial charge is 0.480 e. The molecule has 0 aliphatic heterocycles. The first-order chi connectivity index (χ1) is 6.09. The molecule has 0 aromatic rings. The van der Waals surface area contributed by atoms with E-state index in [1.54, 1.807) is 0 Å². The molecule has 1 atom stereocenters. The second-order valence-electron chi connectivity index (χ2n) is 3.09. The lowest BCUT2D eigenvalue weighted by Gasteiger charge is -2.13. The van der Waals surface area contributed by atoms with E-state index >= 15 is 0 Å². The van der Waals surface area contributed by atoms with Gasteiger partial charge in [-0.05, 0) is 45.4 Å². The predicted molar refractivity (Wildman–Crippen MR) is 59.6 cm³/mol. The molecule has 3 nitrogen and oxygen atoms in total. The molecule has 1 aliphatic rings. The molecular weight excluding hydrogens is 281 g/mol. The number of carboxylic acids is 1. The normalized spacial score (nSPS) is 18.9. The zero-order chi connectivity index (χ0) is 9.84. The van der Waals surface area contributed by atoms with Gasteiger partial charge in [-0.15, -0.1) is 0 Å². The highest BCUT2D eigenvalue weighted by Gasteiger charge is 2.14. The smallest absolute Gasteiger partial charge is 0.320 e. The summed E-state index contributed by atoms with van der Waals surface area (Å²) in [5.41, 5.74) is 6.55. The Labute approximate surface area is 90.8 Å². The van der Waals surface area contributed by atoms with Crippen molar-refractivity contribution in [2.75, 3.05) is 0 Å². The summed E-state index contributed by atoms with van der Waals surface area (Å²) in [5, 5.41) is 8.60. The highest BCUT2D eigenvalue weighted by Crippen LogP contribution is 2.25. The summed E-state index contributed by atoms with van der Waals surface area (Å²) in [7, 11) is 0. The Morgan fingerprint density at radius 3 is 2.77 bits per heavy atom. The first-order valence-electron chi connectivity index (χ1n) is 4.12. The number of hydrogen-bond acceptors (Lipinski definition) is 2. The number of allylic oxidation sites excluding steroid dienone is 3. The van der Waals surface area contributed by atoms with Crippen molar-refractivity contribution in [3.05, 3.63) is 21.3 Å². The SMILES string of the molecule is N[C@@H](CC1=CC=C(I)CC1)C(=O)O. The van der Waals surface area contributed by atoms with Crippen LogP contribution in [0.2, 0.25) is 0 Å². The molecule has 3 N–H and O–H groups in total. The first kappa shape index (κ1) is 10.7. The van der Waals surface area contributed by atoms with Gasteiger partial charge in [-0.1, -0.05) is 17.7 Å². The third-order valence-electron chi connectivity index (χ3n) is 1.98. The number of halogens is 1. The van der Waals surface area contributed by atoms with Gasteiger partial charge < -0.3 is 10.8 Å². The standard InChI is InChI=1S/C9H12INO2/c10-7-3-1-6(2-4-7)5-8(11)9(12)13/h1,3,8H,2,4-5,11H2,(H,12,13)/t8-/m0/s1. The van der Waals surface area contributed by atoms with E-state index in [4.69, 9.17) is 10.8 Å². The van der Waals surface area contributed by atoms with Crippen molar-refractivity contribution in [2.24, 2.45) is 5.73 Å². The van der Waals surface area contributed by atoms with Crippen LogP contribution in [0.25, 0.3) is 0 Å². The number of carboxylic acid groups (broad SMARTS) is 1. The molecule has 0 fully saturated rings. The van der Waals surface area contributed by atoms with Gasteiger partial charge in [0.2, 0.25) is 0 Å². The maximum absolute atomic E-state index is 10.5. The van der Waals surface area contributed by atoms with E-state index in [0.717, 1.165) is 18.4 Å². The molecular formula is C9H12INO2. The molecule has 4 heteroatoms. The Kier molecular flexibility index (Phi) is 3.92. The maximum atomic E-state index is 10.5. The van der Waals surface area contributed by atoms with Crippen molar-refractivity contribution in [3.63, 3.8) is 0 Å². The van der Waals surface area contributed by atoms with Crippen molar-refractivity contribution in [3.8, 4) is 0 Å². The van der Waals surface area contributed by atoms with Crippen LogP contribution in [0.3, 0.4) is 0 Å². The zero-order valence-corrected chi connectivity index (χ0v) is 9.32. The van der Waals surface area contributed by atoms with Gasteiger partial charge in [0.25, 0.3) is 0 Å². The maximum Gasteiger partial charge on any atom is 0.320 e. The van der Waals surface area contributed by atoms with Gasteiger partial charge in [0, 0.05) is 0 Å². The zero-order valence-electron chi connectivity index (χ0n) is 7.16. The molecule has 0 unspecified atom stereocenters. The molecule has 0 spiro atoms. The summed E-state index contributed by atoms with van der Waals surface area (Å²) in [4.78, 5) is 10.5. The summed E-state index contributed by atoms with van der Waals surface area (Å²) in [5.74, 6) is -0.926. The third-order valence-corrected chi connectivity index (χ3v) is 2.88. The van der Waals surface area contributed by atoms with Crippen molar-refractivity contribution in [1.29, 1.82) is 0 Å². The summed E-state index contributed by atoms with van der Waals surface area (Å²) in [6.07, 6.45) is 6.42. The van der Waals surface area contributed by atoms with Crippen LogP contribution >= 0.6 is 22.6 Å². The fraction of sp³-hybridized carbons (Fsp3) is 0.444. The molecule has 0 amide bonds. The summed E-state index contributed by atoms with van der Waals surface area (Å²) < 4.78 is 1.31. The van der Waals surface area contributed by atoms with E-state index in [2.05, 4.69) is 22.6 Å². The number of nitrogens with two attached hydrogens (primary N) is 1. The van der Waals surface area contributed by atoms with Crippen molar-refractivity contribution >= 4 is 28.6 Å². The molecule has 0 radical (unpaired) electrons. The minimum absolute atomic E-state index is 0.468. The number of hydrogen-bond donors (Lipinski definition) is 2. The van der Waals surface area contributed by atoms with Gasteiger partial charge in [-0.2, -0.15) is 0 Å². The second-order valence-corrected chi connectivity index (χ2v) is 4.47. The van der Waals surface area contributed by atoms with Gasteiger partial charge in [0.05, 0.1) is 0 Å². The van der Waals surface area contributed by atoms with Gasteiger partial charge >= 0.3 is 5.97 Å². The van der Waals surface area contributed by atoms with Crippen LogP contribution in [0.5, 0.6) is 0 Å². The highest BCUT2D eigenvalue weighted by molar-refractivity contribution is 14.1. The van der Waals surface area contributed by atoms with E-state index in [1.165, 1.54) is 3.58 Å². The topological polar surface area (TPSA) is 63.3 Å². The van der Waals surface area contributed by atoms with Gasteiger partial charge in [-0.25, -0.2) is 0 Å². The fourth-order valence-corrected chi connectivity index (χ4v) is 1.64. The van der Waals surface area contributed by atoms with E-state index in [-0.39, 0.29) is 0 Å². The minimum atomic E-state index is -0.926. The average Bonchev–Trinajstić information content (AvgIpc) is 2.08. The average molecular weight is 293 g/mol. The Hall–Kier alpha value is -0.360. The Bertz CT molecular complexity index is 271. The Morgan fingerprint density at radius 2 is 2.31 bits per heavy atom. The Morgan fingerprint density at radius 1 is 1.62 bits per heavy atom. The number of aliphatic carboxylic acids is 1. The fourth-order valence-electron chi connectivity index (χ4n) is 1.19. The predicted octanol–water partition coefficient (Wildman–Crippen LogP) is 1.83. The van der Waals surface area contributed by atoms with Crippen molar-refractivity contribution in [2.45, 2.75) is 25.3 Å². The molecule has 0 saturated carbocycles. The van der Waals surface area contributed by atoms with Crippen molar-refractivity contribution in [1.82, 2.24) is 0 Å². The Balaban J connectivity index is 2.51. The number of rotatable bonds is 3. The van der Waals surface area contributed by atoms with Gasteiger partial charge in [0.15, 0.2) is 0 Å². The molecule has 0 aromatic heterocycles.